The number of carbonyl (C=O) groups is 1. The third kappa shape index (κ3) is 4.14. The summed E-state index contributed by atoms with van der Waals surface area (Å²) < 4.78 is 0. The summed E-state index contributed by atoms with van der Waals surface area (Å²) in [5.41, 5.74) is 11.7. The number of nitrogens with two attached hydrogens (primary N) is 2. The van der Waals surface area contributed by atoms with E-state index in [1.807, 2.05) is 0 Å². The van der Waals surface area contributed by atoms with Crippen molar-refractivity contribution >= 4 is 29.2 Å². The predicted octanol–water partition coefficient (Wildman–Crippen LogP) is 1.32. The summed E-state index contributed by atoms with van der Waals surface area (Å²) in [4.78, 5) is 15.1. The Morgan fingerprint density at radius 1 is 1.59 bits per heavy atom. The summed E-state index contributed by atoms with van der Waals surface area (Å²) >= 11 is 1.81. The minimum Gasteiger partial charge on any atom is -0.396 e. The molecule has 1 unspecified atom stereocenters. The number of nitrogens with zero attached hydrogens (tertiary/aromatic N) is 1. The summed E-state index contributed by atoms with van der Waals surface area (Å²) in [6, 6.07) is 3.15. The molecule has 6 heteroatoms. The zero-order valence-corrected chi connectivity index (χ0v) is 10.9. The molecule has 1 amide bonds. The highest BCUT2D eigenvalue weighted by molar-refractivity contribution is 7.99. The molecule has 1 heterocycles. The molecule has 0 spiro atoms. The van der Waals surface area contributed by atoms with Crippen molar-refractivity contribution in [1.29, 1.82) is 0 Å². The van der Waals surface area contributed by atoms with Crippen LogP contribution in [0.5, 0.6) is 0 Å². The first-order valence-corrected chi connectivity index (χ1v) is 6.66. The van der Waals surface area contributed by atoms with E-state index in [2.05, 4.69) is 23.5 Å². The maximum absolute atomic E-state index is 11.0. The molecular weight excluding hydrogens is 236 g/mol. The molecule has 1 rings (SSSR count). The highest BCUT2D eigenvalue weighted by Crippen LogP contribution is 2.16. The van der Waals surface area contributed by atoms with Crippen molar-refractivity contribution in [1.82, 2.24) is 4.98 Å². The van der Waals surface area contributed by atoms with Crippen molar-refractivity contribution in [3.8, 4) is 0 Å². The molecule has 94 valence electrons. The summed E-state index contributed by atoms with van der Waals surface area (Å²) in [6.45, 7) is 2.92. The lowest BCUT2D eigenvalue weighted by Crippen LogP contribution is -2.16. The second kappa shape index (κ2) is 6.34. The van der Waals surface area contributed by atoms with E-state index in [4.69, 9.17) is 11.5 Å². The van der Waals surface area contributed by atoms with Gasteiger partial charge in [0.25, 0.3) is 5.91 Å². The summed E-state index contributed by atoms with van der Waals surface area (Å²) in [5.74, 6) is -0.0277. The number of hydrogen-bond acceptors (Lipinski definition) is 5. The molecule has 0 saturated carbocycles. The zero-order chi connectivity index (χ0) is 12.8. The Morgan fingerprint density at radius 2 is 2.29 bits per heavy atom. The van der Waals surface area contributed by atoms with E-state index < -0.39 is 5.91 Å². The highest BCUT2D eigenvalue weighted by Gasteiger charge is 2.07. The minimum atomic E-state index is -0.550. The Balaban J connectivity index is 2.63. The average molecular weight is 254 g/mol. The van der Waals surface area contributed by atoms with E-state index in [1.165, 1.54) is 6.07 Å². The first-order valence-electron chi connectivity index (χ1n) is 5.37. The smallest absolute Gasteiger partial charge is 0.267 e. The van der Waals surface area contributed by atoms with Gasteiger partial charge < -0.3 is 16.8 Å². The Morgan fingerprint density at radius 3 is 2.88 bits per heavy atom. The van der Waals surface area contributed by atoms with Crippen LogP contribution in [0.3, 0.4) is 0 Å². The first-order chi connectivity index (χ1) is 8.04. The zero-order valence-electron chi connectivity index (χ0n) is 10.1. The SMILES string of the molecule is CSC(C)CCNc1nc(C(N)=O)ccc1N. The van der Waals surface area contributed by atoms with Gasteiger partial charge in [-0.1, -0.05) is 6.92 Å². The molecule has 1 aromatic heterocycles. The Kier molecular flexibility index (Phi) is 5.09. The van der Waals surface area contributed by atoms with Crippen molar-refractivity contribution < 1.29 is 4.79 Å². The van der Waals surface area contributed by atoms with Gasteiger partial charge in [-0.15, -0.1) is 0 Å². The number of nitrogen functional groups attached to an aromatic ring is 1. The van der Waals surface area contributed by atoms with Crippen LogP contribution < -0.4 is 16.8 Å². The molecular formula is C11H18N4OS. The fraction of sp³-hybridized carbons (Fsp3) is 0.455. The Bertz CT molecular complexity index is 397. The molecule has 5 nitrogen and oxygen atoms in total. The third-order valence-electron chi connectivity index (χ3n) is 2.42. The summed E-state index contributed by atoms with van der Waals surface area (Å²) in [6.07, 6.45) is 3.08. The fourth-order valence-corrected chi connectivity index (χ4v) is 1.61. The molecule has 0 bridgehead atoms. The van der Waals surface area contributed by atoms with Crippen molar-refractivity contribution in [2.75, 3.05) is 23.9 Å². The number of hydrogen-bond donors (Lipinski definition) is 3. The van der Waals surface area contributed by atoms with E-state index >= 15 is 0 Å². The van der Waals surface area contributed by atoms with Crippen LogP contribution in [0.1, 0.15) is 23.8 Å². The lowest BCUT2D eigenvalue weighted by atomic mass is 10.3. The van der Waals surface area contributed by atoms with Gasteiger partial charge in [-0.2, -0.15) is 11.8 Å². The standard InChI is InChI=1S/C11H18N4OS/c1-7(17-2)5-6-14-11-8(12)3-4-9(15-11)10(13)16/h3-4,7H,5-6,12H2,1-2H3,(H2,13,16)(H,14,15). The molecule has 1 aromatic rings. The molecule has 0 aliphatic carbocycles. The van der Waals surface area contributed by atoms with Crippen LogP contribution in [-0.4, -0.2) is 28.9 Å². The highest BCUT2D eigenvalue weighted by atomic mass is 32.2. The maximum Gasteiger partial charge on any atom is 0.267 e. The van der Waals surface area contributed by atoms with Gasteiger partial charge in [0, 0.05) is 11.8 Å². The van der Waals surface area contributed by atoms with Gasteiger partial charge in [-0.05, 0) is 24.8 Å². The first kappa shape index (κ1) is 13.6. The van der Waals surface area contributed by atoms with Gasteiger partial charge in [0.05, 0.1) is 5.69 Å². The lowest BCUT2D eigenvalue weighted by Gasteiger charge is -2.11. The molecule has 17 heavy (non-hydrogen) atoms. The van der Waals surface area contributed by atoms with Gasteiger partial charge in [-0.3, -0.25) is 4.79 Å². The van der Waals surface area contributed by atoms with Gasteiger partial charge in [0.2, 0.25) is 0 Å². The van der Waals surface area contributed by atoms with E-state index in [0.717, 1.165) is 13.0 Å². The molecule has 0 aromatic carbocycles. The van der Waals surface area contributed by atoms with E-state index in [9.17, 15) is 4.79 Å². The second-order valence-corrected chi connectivity index (χ2v) is 5.04. The number of carbonyl (C=O) groups excluding carboxylic acids is 1. The fourth-order valence-electron chi connectivity index (χ4n) is 1.26. The number of primary amides is 1. The number of anilines is 2. The van der Waals surface area contributed by atoms with Crippen LogP contribution >= 0.6 is 11.8 Å². The lowest BCUT2D eigenvalue weighted by molar-refractivity contribution is 0.0996. The molecule has 0 radical (unpaired) electrons. The number of amides is 1. The normalized spacial score (nSPS) is 12.1. The van der Waals surface area contributed by atoms with Crippen LogP contribution in [0.4, 0.5) is 11.5 Å². The van der Waals surface area contributed by atoms with E-state index in [0.29, 0.717) is 16.8 Å². The molecule has 0 saturated heterocycles. The van der Waals surface area contributed by atoms with Crippen LogP contribution in [0, 0.1) is 0 Å². The van der Waals surface area contributed by atoms with Gasteiger partial charge >= 0.3 is 0 Å². The van der Waals surface area contributed by atoms with Crippen LogP contribution in [-0.2, 0) is 0 Å². The second-order valence-electron chi connectivity index (χ2n) is 3.76. The van der Waals surface area contributed by atoms with Crippen molar-refractivity contribution in [3.05, 3.63) is 17.8 Å². The predicted molar refractivity (Wildman–Crippen MR) is 73.3 cm³/mol. The molecule has 0 aliphatic rings. The van der Waals surface area contributed by atoms with Gasteiger partial charge in [0.15, 0.2) is 0 Å². The summed E-state index contributed by atoms with van der Waals surface area (Å²) in [7, 11) is 0. The molecule has 0 aliphatic heterocycles. The monoisotopic (exact) mass is 254 g/mol. The topological polar surface area (TPSA) is 94.0 Å². The minimum absolute atomic E-state index is 0.222. The molecule has 5 N–H and O–H groups in total. The Hall–Kier alpha value is -1.43. The number of aromatic nitrogens is 1. The van der Waals surface area contributed by atoms with Crippen molar-refractivity contribution in [2.24, 2.45) is 5.73 Å². The van der Waals surface area contributed by atoms with Gasteiger partial charge in [-0.25, -0.2) is 4.98 Å². The largest absolute Gasteiger partial charge is 0.396 e. The van der Waals surface area contributed by atoms with E-state index in [1.54, 1.807) is 17.8 Å². The average Bonchev–Trinajstić information content (AvgIpc) is 2.30. The van der Waals surface area contributed by atoms with Crippen LogP contribution in [0.2, 0.25) is 0 Å². The van der Waals surface area contributed by atoms with Crippen LogP contribution in [0.25, 0.3) is 0 Å². The quantitative estimate of drug-likeness (QED) is 0.711. The van der Waals surface area contributed by atoms with E-state index in [-0.39, 0.29) is 5.69 Å². The van der Waals surface area contributed by atoms with Crippen LogP contribution in [0.15, 0.2) is 12.1 Å². The third-order valence-corrected chi connectivity index (χ3v) is 3.47. The molecule has 1 atom stereocenters. The number of pyridine rings is 1. The van der Waals surface area contributed by atoms with Crippen molar-refractivity contribution in [3.63, 3.8) is 0 Å². The number of thioether (sulfide) groups is 1. The maximum atomic E-state index is 11.0. The molecule has 0 fully saturated rings. The van der Waals surface area contributed by atoms with Gasteiger partial charge in [0.1, 0.15) is 11.5 Å². The summed E-state index contributed by atoms with van der Waals surface area (Å²) in [5, 5.41) is 3.69. The number of nitrogens with one attached hydrogen (secondary N) is 1. The Labute approximate surface area is 105 Å². The number of rotatable bonds is 6. The van der Waals surface area contributed by atoms with Crippen molar-refractivity contribution in [2.45, 2.75) is 18.6 Å².